The third-order valence-electron chi connectivity index (χ3n) is 3.48. The minimum Gasteiger partial charge on any atom is -0.378 e. The molecule has 5 nitrogen and oxygen atoms in total. The maximum atomic E-state index is 12.4. The normalized spacial score (nSPS) is 12.2. The fourth-order valence-electron chi connectivity index (χ4n) is 2.12. The monoisotopic (exact) mass is 325 g/mol. The second-order valence-corrected chi connectivity index (χ2v) is 6.22. The molecule has 1 aromatic carbocycles. The number of aliphatic hydroxyl groups is 1. The highest BCUT2D eigenvalue weighted by atomic mass is 16.3. The number of hydrogen-bond donors (Lipinski definition) is 2. The number of amides is 1. The molecule has 1 amide bonds. The fraction of sp³-hybridized carbons (Fsp3) is 0.368. The molecular formula is C19H23N3O2. The second kappa shape index (κ2) is 7.80. The molecule has 5 heteroatoms. The van der Waals surface area contributed by atoms with Crippen LogP contribution in [0.1, 0.15) is 43.1 Å². The summed E-state index contributed by atoms with van der Waals surface area (Å²) < 4.78 is 1.95. The SMILES string of the molecule is CCC(Cn1ccnc1)NC(=O)c1ccc(C#CC(C)(C)O)cc1. The summed E-state index contributed by atoms with van der Waals surface area (Å²) in [6, 6.07) is 7.09. The highest BCUT2D eigenvalue weighted by Crippen LogP contribution is 2.06. The van der Waals surface area contributed by atoms with Crippen molar-refractivity contribution < 1.29 is 9.90 Å². The minimum absolute atomic E-state index is 0.0429. The third-order valence-corrected chi connectivity index (χ3v) is 3.48. The van der Waals surface area contributed by atoms with E-state index in [9.17, 15) is 9.90 Å². The van der Waals surface area contributed by atoms with E-state index in [4.69, 9.17) is 0 Å². The zero-order valence-corrected chi connectivity index (χ0v) is 14.3. The molecule has 1 heterocycles. The van der Waals surface area contributed by atoms with Gasteiger partial charge in [0.1, 0.15) is 5.60 Å². The molecule has 126 valence electrons. The first-order chi connectivity index (χ1) is 11.4. The molecule has 1 atom stereocenters. The smallest absolute Gasteiger partial charge is 0.251 e. The Hall–Kier alpha value is -2.58. The van der Waals surface area contributed by atoms with Gasteiger partial charge < -0.3 is 15.0 Å². The summed E-state index contributed by atoms with van der Waals surface area (Å²) in [4.78, 5) is 16.4. The van der Waals surface area contributed by atoms with Gasteiger partial charge in [0.2, 0.25) is 0 Å². The molecule has 1 unspecified atom stereocenters. The van der Waals surface area contributed by atoms with Gasteiger partial charge in [-0.2, -0.15) is 0 Å². The first-order valence-electron chi connectivity index (χ1n) is 7.99. The number of carbonyl (C=O) groups is 1. The topological polar surface area (TPSA) is 67.2 Å². The summed E-state index contributed by atoms with van der Waals surface area (Å²) in [6.45, 7) is 5.99. The molecule has 0 radical (unpaired) electrons. The lowest BCUT2D eigenvalue weighted by Gasteiger charge is -2.17. The number of hydrogen-bond acceptors (Lipinski definition) is 3. The van der Waals surface area contributed by atoms with E-state index in [2.05, 4.69) is 22.1 Å². The Kier molecular flexibility index (Phi) is 5.78. The van der Waals surface area contributed by atoms with Gasteiger partial charge in [0, 0.05) is 36.1 Å². The van der Waals surface area contributed by atoms with Gasteiger partial charge in [-0.05, 0) is 44.5 Å². The zero-order valence-electron chi connectivity index (χ0n) is 14.3. The number of carbonyl (C=O) groups excluding carboxylic acids is 1. The minimum atomic E-state index is -1.03. The maximum absolute atomic E-state index is 12.4. The summed E-state index contributed by atoms with van der Waals surface area (Å²) in [5.41, 5.74) is 0.324. The van der Waals surface area contributed by atoms with E-state index in [-0.39, 0.29) is 11.9 Å². The van der Waals surface area contributed by atoms with Crippen molar-refractivity contribution in [1.82, 2.24) is 14.9 Å². The molecule has 1 aromatic heterocycles. The van der Waals surface area contributed by atoms with Crippen LogP contribution in [0.15, 0.2) is 43.0 Å². The predicted molar refractivity (Wildman–Crippen MR) is 93.4 cm³/mol. The lowest BCUT2D eigenvalue weighted by Crippen LogP contribution is -2.37. The molecule has 24 heavy (non-hydrogen) atoms. The highest BCUT2D eigenvalue weighted by Gasteiger charge is 2.12. The van der Waals surface area contributed by atoms with Gasteiger partial charge in [-0.1, -0.05) is 18.8 Å². The van der Waals surface area contributed by atoms with E-state index in [1.54, 1.807) is 50.6 Å². The molecule has 0 aliphatic carbocycles. The van der Waals surface area contributed by atoms with Crippen LogP contribution in [0.2, 0.25) is 0 Å². The quantitative estimate of drug-likeness (QED) is 0.828. The van der Waals surface area contributed by atoms with Crippen LogP contribution in [0, 0.1) is 11.8 Å². The van der Waals surface area contributed by atoms with Crippen LogP contribution in [0.5, 0.6) is 0 Å². The molecule has 2 rings (SSSR count). The average molecular weight is 325 g/mol. The van der Waals surface area contributed by atoms with E-state index in [1.165, 1.54) is 0 Å². The Morgan fingerprint density at radius 3 is 2.62 bits per heavy atom. The fourth-order valence-corrected chi connectivity index (χ4v) is 2.12. The van der Waals surface area contributed by atoms with Crippen LogP contribution >= 0.6 is 0 Å². The summed E-state index contributed by atoms with van der Waals surface area (Å²) in [6.07, 6.45) is 6.18. The van der Waals surface area contributed by atoms with Gasteiger partial charge >= 0.3 is 0 Å². The average Bonchev–Trinajstić information content (AvgIpc) is 3.05. The molecule has 2 aromatic rings. The maximum Gasteiger partial charge on any atom is 0.251 e. The van der Waals surface area contributed by atoms with Crippen molar-refractivity contribution in [2.45, 2.75) is 45.4 Å². The van der Waals surface area contributed by atoms with Gasteiger partial charge in [-0.3, -0.25) is 4.79 Å². The Morgan fingerprint density at radius 2 is 2.08 bits per heavy atom. The summed E-state index contributed by atoms with van der Waals surface area (Å²) in [5, 5.41) is 12.6. The number of nitrogens with one attached hydrogen (secondary N) is 1. The molecule has 0 fully saturated rings. The standard InChI is InChI=1S/C19H23N3O2/c1-4-17(13-22-12-11-20-14-22)21-18(23)16-7-5-15(6-8-16)9-10-19(2,3)24/h5-8,11-12,14,17,24H,4,13H2,1-3H3,(H,21,23). The summed E-state index contributed by atoms with van der Waals surface area (Å²) in [7, 11) is 0. The van der Waals surface area contributed by atoms with Crippen molar-refractivity contribution in [2.75, 3.05) is 0 Å². The van der Waals surface area contributed by atoms with Crippen LogP contribution < -0.4 is 5.32 Å². The Bertz CT molecular complexity index is 717. The molecule has 0 saturated carbocycles. The largest absolute Gasteiger partial charge is 0.378 e. The first-order valence-corrected chi connectivity index (χ1v) is 7.99. The lowest BCUT2D eigenvalue weighted by molar-refractivity contribution is 0.0931. The lowest BCUT2D eigenvalue weighted by atomic mass is 10.1. The third kappa shape index (κ3) is 5.56. The van der Waals surface area contributed by atoms with Gasteiger partial charge in [0.05, 0.1) is 6.33 Å². The number of rotatable bonds is 5. The summed E-state index contributed by atoms with van der Waals surface area (Å²) in [5.74, 6) is 5.53. The van der Waals surface area contributed by atoms with Gasteiger partial charge in [-0.25, -0.2) is 4.98 Å². The highest BCUT2D eigenvalue weighted by molar-refractivity contribution is 5.94. The molecule has 0 aliphatic rings. The van der Waals surface area contributed by atoms with Gasteiger partial charge in [0.15, 0.2) is 0 Å². The number of benzene rings is 1. The van der Waals surface area contributed by atoms with E-state index in [1.807, 2.05) is 17.7 Å². The van der Waals surface area contributed by atoms with E-state index in [0.29, 0.717) is 12.1 Å². The molecule has 0 spiro atoms. The van der Waals surface area contributed by atoms with Gasteiger partial charge in [0.25, 0.3) is 5.91 Å². The van der Waals surface area contributed by atoms with Crippen LogP contribution in [0.4, 0.5) is 0 Å². The summed E-state index contributed by atoms with van der Waals surface area (Å²) >= 11 is 0. The van der Waals surface area contributed by atoms with Gasteiger partial charge in [-0.15, -0.1) is 0 Å². The zero-order chi connectivity index (χ0) is 17.6. The van der Waals surface area contributed by atoms with Crippen molar-refractivity contribution in [2.24, 2.45) is 0 Å². The number of aromatic nitrogens is 2. The molecule has 0 aliphatic heterocycles. The Morgan fingerprint density at radius 1 is 1.38 bits per heavy atom. The Labute approximate surface area is 142 Å². The van der Waals surface area contributed by atoms with Crippen molar-refractivity contribution in [3.63, 3.8) is 0 Å². The predicted octanol–water partition coefficient (Wildman–Crippen LogP) is 2.21. The molecule has 0 saturated heterocycles. The van der Waals surface area contributed by atoms with E-state index >= 15 is 0 Å². The number of nitrogens with zero attached hydrogens (tertiary/aromatic N) is 2. The van der Waals surface area contributed by atoms with Crippen molar-refractivity contribution in [3.05, 3.63) is 54.1 Å². The van der Waals surface area contributed by atoms with Crippen LogP contribution in [-0.2, 0) is 6.54 Å². The Balaban J connectivity index is 1.99. The van der Waals surface area contributed by atoms with Crippen LogP contribution in [0.25, 0.3) is 0 Å². The molecule has 0 bridgehead atoms. The van der Waals surface area contributed by atoms with Crippen molar-refractivity contribution in [3.8, 4) is 11.8 Å². The van der Waals surface area contributed by atoms with Crippen molar-refractivity contribution in [1.29, 1.82) is 0 Å². The molecule has 2 N–H and O–H groups in total. The number of imidazole rings is 1. The van der Waals surface area contributed by atoms with E-state index < -0.39 is 5.60 Å². The first kappa shape index (κ1) is 17.8. The molecular weight excluding hydrogens is 302 g/mol. The van der Waals surface area contributed by atoms with E-state index in [0.717, 1.165) is 12.0 Å². The second-order valence-electron chi connectivity index (χ2n) is 6.22. The van der Waals surface area contributed by atoms with Crippen LogP contribution in [-0.4, -0.2) is 32.2 Å². The van der Waals surface area contributed by atoms with Crippen LogP contribution in [0.3, 0.4) is 0 Å². The van der Waals surface area contributed by atoms with Crippen molar-refractivity contribution >= 4 is 5.91 Å².